The quantitative estimate of drug-likeness (QED) is 0.667. The summed E-state index contributed by atoms with van der Waals surface area (Å²) in [6, 6.07) is 0.287. The van der Waals surface area contributed by atoms with Crippen LogP contribution in [0.25, 0.3) is 0 Å². The summed E-state index contributed by atoms with van der Waals surface area (Å²) in [7, 11) is 0. The molecular weight excluding hydrogens is 400 g/mol. The van der Waals surface area contributed by atoms with Crippen LogP contribution in [0.3, 0.4) is 0 Å². The molecule has 8 nitrogen and oxygen atoms in total. The minimum Gasteiger partial charge on any atom is -0.352 e. The van der Waals surface area contributed by atoms with Gasteiger partial charge in [-0.2, -0.15) is 10.2 Å². The average molecular weight is 421 g/mol. The molecule has 2 aromatic heterocycles. The summed E-state index contributed by atoms with van der Waals surface area (Å²) < 4.78 is 2.25. The van der Waals surface area contributed by atoms with E-state index < -0.39 is 0 Å². The minimum absolute atomic E-state index is 0.0537. The van der Waals surface area contributed by atoms with Crippen LogP contribution < -0.4 is 10.6 Å². The molecule has 0 atom stereocenters. The molecule has 4 rings (SSSR count). The Hall–Kier alpha value is -2.16. The van der Waals surface area contributed by atoms with Crippen LogP contribution in [0, 0.1) is 0 Å². The molecule has 2 aliphatic carbocycles. The molecule has 3 N–H and O–H groups in total. The van der Waals surface area contributed by atoms with Gasteiger partial charge in [-0.25, -0.2) is 0 Å². The highest BCUT2D eigenvalue weighted by Crippen LogP contribution is 2.42. The third kappa shape index (κ3) is 3.82. The van der Waals surface area contributed by atoms with E-state index in [0.717, 1.165) is 35.8 Å². The van der Waals surface area contributed by atoms with Crippen LogP contribution >= 0.6 is 15.9 Å². The van der Waals surface area contributed by atoms with E-state index in [4.69, 9.17) is 0 Å². The van der Waals surface area contributed by atoms with Crippen molar-refractivity contribution in [2.24, 2.45) is 0 Å². The maximum atomic E-state index is 12.4. The molecule has 0 saturated heterocycles. The smallest absolute Gasteiger partial charge is 0.277 e. The van der Waals surface area contributed by atoms with Gasteiger partial charge in [0.25, 0.3) is 5.91 Å². The monoisotopic (exact) mass is 420 g/mol. The molecule has 26 heavy (non-hydrogen) atoms. The number of nitrogens with zero attached hydrogens (tertiary/aromatic N) is 3. The predicted molar refractivity (Wildman–Crippen MR) is 98.8 cm³/mol. The molecule has 2 amide bonds. The van der Waals surface area contributed by atoms with Gasteiger partial charge in [0.2, 0.25) is 5.91 Å². The third-order valence-electron chi connectivity index (χ3n) is 4.85. The van der Waals surface area contributed by atoms with Crippen LogP contribution in [0.4, 0.5) is 5.69 Å². The van der Waals surface area contributed by atoms with Crippen molar-refractivity contribution >= 4 is 33.4 Å². The second kappa shape index (κ2) is 7.22. The number of H-pyrrole nitrogens is 1. The van der Waals surface area contributed by atoms with Crippen molar-refractivity contribution in [3.63, 3.8) is 0 Å². The summed E-state index contributed by atoms with van der Waals surface area (Å²) in [5.74, 6) is 0.108. The van der Waals surface area contributed by atoms with Crippen LogP contribution in [-0.4, -0.2) is 37.8 Å². The van der Waals surface area contributed by atoms with E-state index in [1.807, 2.05) is 0 Å². The van der Waals surface area contributed by atoms with Gasteiger partial charge >= 0.3 is 0 Å². The third-order valence-corrected chi connectivity index (χ3v) is 5.65. The van der Waals surface area contributed by atoms with Crippen molar-refractivity contribution in [1.29, 1.82) is 0 Å². The SMILES string of the molecule is O=C(Cn1cc(NC(=O)c2n[nH]c(C3CC3)c2Br)cn1)NC1CCCC1. The molecule has 0 unspecified atom stereocenters. The summed E-state index contributed by atoms with van der Waals surface area (Å²) >= 11 is 3.46. The number of hydrogen-bond acceptors (Lipinski definition) is 4. The summed E-state index contributed by atoms with van der Waals surface area (Å²) in [6.07, 6.45) is 9.87. The topological polar surface area (TPSA) is 105 Å². The molecule has 0 spiro atoms. The molecule has 2 saturated carbocycles. The van der Waals surface area contributed by atoms with Crippen molar-refractivity contribution < 1.29 is 9.59 Å². The Morgan fingerprint density at radius 1 is 1.27 bits per heavy atom. The molecule has 0 bridgehead atoms. The lowest BCUT2D eigenvalue weighted by molar-refractivity contribution is -0.122. The first kappa shape index (κ1) is 17.3. The Morgan fingerprint density at radius 2 is 2.04 bits per heavy atom. The number of nitrogens with one attached hydrogen (secondary N) is 3. The lowest BCUT2D eigenvalue weighted by atomic mass is 10.2. The molecular formula is C17H21BrN6O2. The highest BCUT2D eigenvalue weighted by molar-refractivity contribution is 9.10. The van der Waals surface area contributed by atoms with Gasteiger partial charge in [0, 0.05) is 18.2 Å². The summed E-state index contributed by atoms with van der Waals surface area (Å²) in [5, 5.41) is 17.0. The van der Waals surface area contributed by atoms with E-state index in [-0.39, 0.29) is 24.4 Å². The average Bonchev–Trinajstić information content (AvgIpc) is 2.97. The highest BCUT2D eigenvalue weighted by Gasteiger charge is 2.30. The highest BCUT2D eigenvalue weighted by atomic mass is 79.9. The van der Waals surface area contributed by atoms with Crippen LogP contribution in [0.5, 0.6) is 0 Å². The zero-order chi connectivity index (χ0) is 18.1. The fourth-order valence-electron chi connectivity index (χ4n) is 3.33. The number of aromatic nitrogens is 4. The van der Waals surface area contributed by atoms with Gasteiger partial charge in [0.1, 0.15) is 6.54 Å². The molecule has 2 fully saturated rings. The van der Waals surface area contributed by atoms with Crippen molar-refractivity contribution in [3.05, 3.63) is 28.3 Å². The van der Waals surface area contributed by atoms with E-state index >= 15 is 0 Å². The van der Waals surface area contributed by atoms with Crippen LogP contribution in [0.1, 0.15) is 60.6 Å². The van der Waals surface area contributed by atoms with Gasteiger partial charge < -0.3 is 10.6 Å². The van der Waals surface area contributed by atoms with Gasteiger partial charge in [-0.05, 0) is 41.6 Å². The summed E-state index contributed by atoms with van der Waals surface area (Å²) in [6.45, 7) is 0.143. The predicted octanol–water partition coefficient (Wildman–Crippen LogP) is 2.56. The molecule has 2 aliphatic rings. The fraction of sp³-hybridized carbons (Fsp3) is 0.529. The molecule has 2 aromatic rings. The van der Waals surface area contributed by atoms with Crippen LogP contribution in [0.2, 0.25) is 0 Å². The largest absolute Gasteiger partial charge is 0.352 e. The maximum Gasteiger partial charge on any atom is 0.277 e. The maximum absolute atomic E-state index is 12.4. The van der Waals surface area contributed by atoms with E-state index in [1.165, 1.54) is 23.7 Å². The molecule has 2 heterocycles. The number of halogens is 1. The van der Waals surface area contributed by atoms with Crippen molar-refractivity contribution in [2.75, 3.05) is 5.32 Å². The second-order valence-corrected chi connectivity index (χ2v) is 7.80. The van der Waals surface area contributed by atoms with E-state index in [0.29, 0.717) is 17.3 Å². The molecule has 0 radical (unpaired) electrons. The van der Waals surface area contributed by atoms with E-state index in [9.17, 15) is 9.59 Å². The Labute approximate surface area is 159 Å². The number of carbonyl (C=O) groups excluding carboxylic acids is 2. The first-order valence-corrected chi connectivity index (χ1v) is 9.76. The summed E-state index contributed by atoms with van der Waals surface area (Å²) in [5.41, 5.74) is 1.85. The van der Waals surface area contributed by atoms with Crippen molar-refractivity contribution in [1.82, 2.24) is 25.3 Å². The number of aromatic amines is 1. The van der Waals surface area contributed by atoms with Crippen molar-refractivity contribution in [3.8, 4) is 0 Å². The second-order valence-electron chi connectivity index (χ2n) is 7.00. The molecule has 138 valence electrons. The molecule has 0 aliphatic heterocycles. The van der Waals surface area contributed by atoms with Gasteiger partial charge in [0.15, 0.2) is 5.69 Å². The molecule has 0 aromatic carbocycles. The van der Waals surface area contributed by atoms with Gasteiger partial charge in [-0.3, -0.25) is 19.4 Å². The minimum atomic E-state index is -0.310. The Kier molecular flexibility index (Phi) is 4.80. The number of amides is 2. The Balaban J connectivity index is 1.34. The van der Waals surface area contributed by atoms with Crippen LogP contribution in [0.15, 0.2) is 16.9 Å². The Morgan fingerprint density at radius 3 is 2.77 bits per heavy atom. The molecule has 9 heteroatoms. The zero-order valence-corrected chi connectivity index (χ0v) is 15.9. The first-order chi connectivity index (χ1) is 12.6. The van der Waals surface area contributed by atoms with Gasteiger partial charge in [-0.1, -0.05) is 12.8 Å². The van der Waals surface area contributed by atoms with Crippen molar-refractivity contribution in [2.45, 2.75) is 57.0 Å². The lowest BCUT2D eigenvalue weighted by Crippen LogP contribution is -2.35. The van der Waals surface area contributed by atoms with Gasteiger partial charge in [-0.15, -0.1) is 0 Å². The standard InChI is InChI=1S/C17H21BrN6O2/c18-14-15(10-5-6-10)22-23-16(14)17(26)21-12-7-19-24(8-12)9-13(25)20-11-3-1-2-4-11/h7-8,10-11H,1-6,9H2,(H,20,25)(H,21,26)(H,22,23). The van der Waals surface area contributed by atoms with Gasteiger partial charge in [0.05, 0.1) is 22.1 Å². The van der Waals surface area contributed by atoms with E-state index in [2.05, 4.69) is 41.9 Å². The number of rotatable bonds is 6. The Bertz CT molecular complexity index is 819. The first-order valence-electron chi connectivity index (χ1n) is 8.97. The van der Waals surface area contributed by atoms with E-state index in [1.54, 1.807) is 6.20 Å². The fourth-order valence-corrected chi connectivity index (χ4v) is 4.01. The zero-order valence-electron chi connectivity index (χ0n) is 14.3. The summed E-state index contributed by atoms with van der Waals surface area (Å²) in [4.78, 5) is 24.5. The number of carbonyl (C=O) groups is 2. The number of anilines is 1. The number of hydrogen-bond donors (Lipinski definition) is 3. The normalized spacial score (nSPS) is 17.4. The lowest BCUT2D eigenvalue weighted by Gasteiger charge is -2.11. The van der Waals surface area contributed by atoms with Crippen LogP contribution in [-0.2, 0) is 11.3 Å².